The Kier molecular flexibility index (Phi) is 6.21. The van der Waals surface area contributed by atoms with Crippen LogP contribution in [0.25, 0.3) is 0 Å². The summed E-state index contributed by atoms with van der Waals surface area (Å²) in [6.45, 7) is 8.81. The lowest BCUT2D eigenvalue weighted by molar-refractivity contribution is -0.126. The molecule has 4 nitrogen and oxygen atoms in total. The molecule has 116 valence electrons. The van der Waals surface area contributed by atoms with Crippen molar-refractivity contribution in [2.45, 2.75) is 32.2 Å². The minimum atomic E-state index is -0.0286. The molecule has 1 aromatic rings. The molecule has 0 aliphatic carbocycles. The Labute approximate surface area is 127 Å². The second-order valence-electron chi connectivity index (χ2n) is 5.85. The maximum atomic E-state index is 12.2. The highest BCUT2D eigenvalue weighted by Crippen LogP contribution is 2.17. The van der Waals surface area contributed by atoms with Crippen molar-refractivity contribution in [3.63, 3.8) is 0 Å². The average Bonchev–Trinajstić information content (AvgIpc) is 2.55. The van der Waals surface area contributed by atoms with Gasteiger partial charge in [0.2, 0.25) is 5.91 Å². The van der Waals surface area contributed by atoms with E-state index in [0.717, 1.165) is 39.1 Å². The molecule has 0 aromatic heterocycles. The van der Waals surface area contributed by atoms with Crippen molar-refractivity contribution < 1.29 is 4.79 Å². The summed E-state index contributed by atoms with van der Waals surface area (Å²) in [7, 11) is 0. The first-order valence-corrected chi connectivity index (χ1v) is 7.96. The summed E-state index contributed by atoms with van der Waals surface area (Å²) < 4.78 is 0. The van der Waals surface area contributed by atoms with Crippen molar-refractivity contribution >= 4 is 5.91 Å². The van der Waals surface area contributed by atoms with Crippen LogP contribution >= 0.6 is 0 Å². The van der Waals surface area contributed by atoms with Crippen molar-refractivity contribution in [3.05, 3.63) is 35.9 Å². The molecule has 0 radical (unpaired) electrons. The fraction of sp³-hybridized carbons (Fsp3) is 0.588. The number of carbonyl (C=O) groups excluding carboxylic acids is 1. The number of piperazine rings is 1. The molecule has 0 saturated carbocycles. The van der Waals surface area contributed by atoms with Crippen LogP contribution in [0.5, 0.6) is 0 Å². The van der Waals surface area contributed by atoms with Gasteiger partial charge in [-0.3, -0.25) is 9.69 Å². The molecule has 1 aromatic carbocycles. The summed E-state index contributed by atoms with van der Waals surface area (Å²) >= 11 is 0. The molecule has 0 bridgehead atoms. The first kappa shape index (κ1) is 16.0. The summed E-state index contributed by atoms with van der Waals surface area (Å²) in [5.41, 5.74) is 1.34. The highest BCUT2D eigenvalue weighted by atomic mass is 16.2. The van der Waals surface area contributed by atoms with Crippen LogP contribution in [0.1, 0.15) is 31.7 Å². The largest absolute Gasteiger partial charge is 0.355 e. The Balaban J connectivity index is 1.71. The SMILES string of the molecule is CC(CCNC(=O)C(C)N1CCNCC1)c1ccccc1. The van der Waals surface area contributed by atoms with Crippen LogP contribution in [0.2, 0.25) is 0 Å². The van der Waals surface area contributed by atoms with Gasteiger partial charge in [-0.2, -0.15) is 0 Å². The molecular formula is C17H27N3O. The first-order chi connectivity index (χ1) is 10.2. The van der Waals surface area contributed by atoms with E-state index in [1.807, 2.05) is 13.0 Å². The van der Waals surface area contributed by atoms with E-state index in [1.54, 1.807) is 0 Å². The van der Waals surface area contributed by atoms with Gasteiger partial charge in [-0.1, -0.05) is 37.3 Å². The quantitative estimate of drug-likeness (QED) is 0.836. The predicted molar refractivity (Wildman–Crippen MR) is 86.4 cm³/mol. The van der Waals surface area contributed by atoms with Crippen LogP contribution < -0.4 is 10.6 Å². The summed E-state index contributed by atoms with van der Waals surface area (Å²) in [5.74, 6) is 0.623. The third-order valence-corrected chi connectivity index (χ3v) is 4.32. The lowest BCUT2D eigenvalue weighted by Gasteiger charge is -2.31. The van der Waals surface area contributed by atoms with Gasteiger partial charge < -0.3 is 10.6 Å². The summed E-state index contributed by atoms with van der Waals surface area (Å²) in [6, 6.07) is 10.4. The van der Waals surface area contributed by atoms with Crippen molar-refractivity contribution in [1.29, 1.82) is 0 Å². The standard InChI is InChI=1S/C17H27N3O/c1-14(16-6-4-3-5-7-16)8-9-19-17(21)15(2)20-12-10-18-11-13-20/h3-7,14-15,18H,8-13H2,1-2H3,(H,19,21). The number of amides is 1. The van der Waals surface area contributed by atoms with Gasteiger partial charge in [-0.15, -0.1) is 0 Å². The van der Waals surface area contributed by atoms with Crippen molar-refractivity contribution in [3.8, 4) is 0 Å². The number of hydrogen-bond donors (Lipinski definition) is 2. The minimum Gasteiger partial charge on any atom is -0.355 e. The molecule has 0 spiro atoms. The number of benzene rings is 1. The molecule has 2 N–H and O–H groups in total. The van der Waals surface area contributed by atoms with E-state index in [-0.39, 0.29) is 11.9 Å². The van der Waals surface area contributed by atoms with E-state index in [4.69, 9.17) is 0 Å². The second kappa shape index (κ2) is 8.15. The second-order valence-corrected chi connectivity index (χ2v) is 5.85. The molecule has 1 fully saturated rings. The summed E-state index contributed by atoms with van der Waals surface area (Å²) in [6.07, 6.45) is 0.976. The zero-order valence-electron chi connectivity index (χ0n) is 13.1. The Hall–Kier alpha value is -1.39. The maximum Gasteiger partial charge on any atom is 0.237 e. The van der Waals surface area contributed by atoms with Gasteiger partial charge in [0.05, 0.1) is 6.04 Å². The van der Waals surface area contributed by atoms with Crippen LogP contribution in [-0.2, 0) is 4.79 Å². The average molecular weight is 289 g/mol. The van der Waals surface area contributed by atoms with Crippen LogP contribution in [0.15, 0.2) is 30.3 Å². The molecule has 2 unspecified atom stereocenters. The highest BCUT2D eigenvalue weighted by Gasteiger charge is 2.22. The lowest BCUT2D eigenvalue weighted by atomic mass is 9.98. The van der Waals surface area contributed by atoms with Crippen LogP contribution in [0.3, 0.4) is 0 Å². The van der Waals surface area contributed by atoms with E-state index >= 15 is 0 Å². The number of hydrogen-bond acceptors (Lipinski definition) is 3. The van der Waals surface area contributed by atoms with Crippen LogP contribution in [-0.4, -0.2) is 49.6 Å². The van der Waals surface area contributed by atoms with Gasteiger partial charge in [-0.05, 0) is 24.8 Å². The molecule has 1 heterocycles. The Morgan fingerprint density at radius 3 is 2.57 bits per heavy atom. The summed E-state index contributed by atoms with van der Waals surface area (Å²) in [4.78, 5) is 14.4. The molecule has 1 amide bonds. The maximum absolute atomic E-state index is 12.2. The van der Waals surface area contributed by atoms with Gasteiger partial charge in [-0.25, -0.2) is 0 Å². The molecular weight excluding hydrogens is 262 g/mol. The lowest BCUT2D eigenvalue weighted by Crippen LogP contribution is -2.52. The van der Waals surface area contributed by atoms with Crippen LogP contribution in [0, 0.1) is 0 Å². The monoisotopic (exact) mass is 289 g/mol. The van der Waals surface area contributed by atoms with Gasteiger partial charge in [0, 0.05) is 32.7 Å². The van der Waals surface area contributed by atoms with Crippen molar-refractivity contribution in [2.75, 3.05) is 32.7 Å². The van der Waals surface area contributed by atoms with E-state index in [2.05, 4.69) is 46.7 Å². The fourth-order valence-corrected chi connectivity index (χ4v) is 2.74. The van der Waals surface area contributed by atoms with Crippen molar-refractivity contribution in [2.24, 2.45) is 0 Å². The number of carbonyl (C=O) groups is 1. The topological polar surface area (TPSA) is 44.4 Å². The Morgan fingerprint density at radius 1 is 1.24 bits per heavy atom. The molecule has 4 heteroatoms. The Bertz CT molecular complexity index is 429. The number of nitrogens with one attached hydrogen (secondary N) is 2. The van der Waals surface area contributed by atoms with Crippen molar-refractivity contribution in [1.82, 2.24) is 15.5 Å². The van der Waals surface area contributed by atoms with Gasteiger partial charge >= 0.3 is 0 Å². The highest BCUT2D eigenvalue weighted by molar-refractivity contribution is 5.81. The normalized spacial score (nSPS) is 19.0. The van der Waals surface area contributed by atoms with Gasteiger partial charge in [0.15, 0.2) is 0 Å². The Morgan fingerprint density at radius 2 is 1.90 bits per heavy atom. The van der Waals surface area contributed by atoms with Gasteiger partial charge in [0.25, 0.3) is 0 Å². The number of rotatable bonds is 6. The molecule has 1 aliphatic heterocycles. The fourth-order valence-electron chi connectivity index (χ4n) is 2.74. The van der Waals surface area contributed by atoms with E-state index in [9.17, 15) is 4.79 Å². The first-order valence-electron chi connectivity index (χ1n) is 7.96. The molecule has 2 rings (SSSR count). The van der Waals surface area contributed by atoms with E-state index in [0.29, 0.717) is 5.92 Å². The zero-order valence-corrected chi connectivity index (χ0v) is 13.1. The minimum absolute atomic E-state index is 0.0286. The number of nitrogens with zero attached hydrogens (tertiary/aromatic N) is 1. The molecule has 1 saturated heterocycles. The summed E-state index contributed by atoms with van der Waals surface area (Å²) in [5, 5.41) is 6.39. The molecule has 2 atom stereocenters. The van der Waals surface area contributed by atoms with Crippen LogP contribution in [0.4, 0.5) is 0 Å². The van der Waals surface area contributed by atoms with Gasteiger partial charge in [0.1, 0.15) is 0 Å². The third-order valence-electron chi connectivity index (χ3n) is 4.32. The third kappa shape index (κ3) is 4.83. The smallest absolute Gasteiger partial charge is 0.237 e. The predicted octanol–water partition coefficient (Wildman–Crippen LogP) is 1.59. The van der Waals surface area contributed by atoms with E-state index in [1.165, 1.54) is 5.56 Å². The zero-order chi connectivity index (χ0) is 15.1. The molecule has 1 aliphatic rings. The van der Waals surface area contributed by atoms with E-state index < -0.39 is 0 Å². The molecule has 21 heavy (non-hydrogen) atoms.